The molecule has 4 nitrogen and oxygen atoms in total. The first kappa shape index (κ1) is 14.0. The standard InChI is InChI=1S/C13H23NO3/c1-10-5-6-11(7-8-15)14(9-10)12(16)17-13(2,3)4/h8,10-11H,5-7,9H2,1-4H3/t10-,11-/m1/s1. The molecule has 0 aromatic rings. The van der Waals surface area contributed by atoms with Gasteiger partial charge in [0.15, 0.2) is 0 Å². The fourth-order valence-electron chi connectivity index (χ4n) is 2.11. The van der Waals surface area contributed by atoms with Crippen LogP contribution in [0.25, 0.3) is 0 Å². The average Bonchev–Trinajstić information content (AvgIpc) is 2.18. The molecular formula is C13H23NO3. The maximum Gasteiger partial charge on any atom is 0.410 e. The molecule has 1 aliphatic rings. The topological polar surface area (TPSA) is 46.6 Å². The number of amides is 1. The molecule has 0 bridgehead atoms. The SMILES string of the molecule is C[C@@H]1CC[C@H](CC=O)N(C(=O)OC(C)(C)C)C1. The normalized spacial score (nSPS) is 25.5. The van der Waals surface area contributed by atoms with E-state index < -0.39 is 5.60 Å². The molecule has 0 saturated carbocycles. The molecule has 0 unspecified atom stereocenters. The van der Waals surface area contributed by atoms with E-state index in [-0.39, 0.29) is 12.1 Å². The van der Waals surface area contributed by atoms with Crippen molar-refractivity contribution in [2.24, 2.45) is 5.92 Å². The second-order valence-corrected chi connectivity index (χ2v) is 5.87. The Morgan fingerprint density at radius 1 is 1.41 bits per heavy atom. The number of nitrogens with zero attached hydrogens (tertiary/aromatic N) is 1. The summed E-state index contributed by atoms with van der Waals surface area (Å²) in [5, 5.41) is 0. The lowest BCUT2D eigenvalue weighted by Gasteiger charge is -2.38. The van der Waals surface area contributed by atoms with Gasteiger partial charge in [-0.1, -0.05) is 6.92 Å². The van der Waals surface area contributed by atoms with E-state index in [1.165, 1.54) is 0 Å². The molecule has 98 valence electrons. The lowest BCUT2D eigenvalue weighted by molar-refractivity contribution is -0.109. The molecule has 2 atom stereocenters. The molecule has 0 aromatic heterocycles. The number of carbonyl (C=O) groups is 2. The van der Waals surface area contributed by atoms with E-state index in [4.69, 9.17) is 4.74 Å². The van der Waals surface area contributed by atoms with Crippen molar-refractivity contribution in [2.75, 3.05) is 6.54 Å². The van der Waals surface area contributed by atoms with Crippen molar-refractivity contribution >= 4 is 12.4 Å². The van der Waals surface area contributed by atoms with Crippen LogP contribution in [0.2, 0.25) is 0 Å². The summed E-state index contributed by atoms with van der Waals surface area (Å²) in [5.41, 5.74) is -0.483. The van der Waals surface area contributed by atoms with Gasteiger partial charge in [-0.15, -0.1) is 0 Å². The van der Waals surface area contributed by atoms with Crippen LogP contribution in [0.5, 0.6) is 0 Å². The van der Waals surface area contributed by atoms with Crippen molar-refractivity contribution in [1.29, 1.82) is 0 Å². The van der Waals surface area contributed by atoms with Crippen LogP contribution in [-0.4, -0.2) is 35.5 Å². The van der Waals surface area contributed by atoms with E-state index in [1.54, 1.807) is 4.90 Å². The van der Waals surface area contributed by atoms with Gasteiger partial charge in [0.1, 0.15) is 11.9 Å². The van der Waals surface area contributed by atoms with Crippen LogP contribution in [0, 0.1) is 5.92 Å². The van der Waals surface area contributed by atoms with Gasteiger partial charge >= 0.3 is 6.09 Å². The molecule has 0 spiro atoms. The molecule has 0 aromatic carbocycles. The third-order valence-electron chi connectivity index (χ3n) is 2.94. The maximum atomic E-state index is 12.0. The molecular weight excluding hydrogens is 218 g/mol. The van der Waals surface area contributed by atoms with Crippen LogP contribution in [0.3, 0.4) is 0 Å². The molecule has 1 heterocycles. The van der Waals surface area contributed by atoms with Gasteiger partial charge in [0.2, 0.25) is 0 Å². The van der Waals surface area contributed by atoms with Gasteiger partial charge in [-0.05, 0) is 39.5 Å². The van der Waals surface area contributed by atoms with Gasteiger partial charge in [-0.25, -0.2) is 4.79 Å². The summed E-state index contributed by atoms with van der Waals surface area (Å²) in [6.45, 7) is 8.37. The van der Waals surface area contributed by atoms with Crippen molar-refractivity contribution < 1.29 is 14.3 Å². The summed E-state index contributed by atoms with van der Waals surface area (Å²) < 4.78 is 5.37. The summed E-state index contributed by atoms with van der Waals surface area (Å²) in [4.78, 5) is 24.4. The molecule has 0 aliphatic carbocycles. The third kappa shape index (κ3) is 4.36. The lowest BCUT2D eigenvalue weighted by Crippen LogP contribution is -2.48. The highest BCUT2D eigenvalue weighted by molar-refractivity contribution is 5.69. The zero-order valence-corrected chi connectivity index (χ0v) is 11.2. The first-order valence-corrected chi connectivity index (χ1v) is 6.26. The average molecular weight is 241 g/mol. The van der Waals surface area contributed by atoms with E-state index in [2.05, 4.69) is 6.92 Å². The summed E-state index contributed by atoms with van der Waals surface area (Å²) in [6.07, 6.45) is 2.96. The Balaban J connectivity index is 2.68. The van der Waals surface area contributed by atoms with Gasteiger partial charge in [0.05, 0.1) is 0 Å². The molecule has 1 amide bonds. The fraction of sp³-hybridized carbons (Fsp3) is 0.846. The third-order valence-corrected chi connectivity index (χ3v) is 2.94. The second kappa shape index (κ2) is 5.52. The molecule has 0 radical (unpaired) electrons. The zero-order chi connectivity index (χ0) is 13.1. The first-order valence-electron chi connectivity index (χ1n) is 6.26. The molecule has 4 heteroatoms. The van der Waals surface area contributed by atoms with E-state index in [0.29, 0.717) is 18.9 Å². The van der Waals surface area contributed by atoms with Crippen LogP contribution < -0.4 is 0 Å². The van der Waals surface area contributed by atoms with Gasteiger partial charge in [0.25, 0.3) is 0 Å². The Hall–Kier alpha value is -1.06. The predicted molar refractivity (Wildman–Crippen MR) is 65.8 cm³/mol. The Kier molecular flexibility index (Phi) is 4.54. The highest BCUT2D eigenvalue weighted by Crippen LogP contribution is 2.25. The number of aldehydes is 1. The number of ether oxygens (including phenoxy) is 1. The fourth-order valence-corrected chi connectivity index (χ4v) is 2.11. The lowest BCUT2D eigenvalue weighted by atomic mass is 9.93. The molecule has 0 N–H and O–H groups in total. The van der Waals surface area contributed by atoms with Gasteiger partial charge in [0, 0.05) is 19.0 Å². The van der Waals surface area contributed by atoms with E-state index in [0.717, 1.165) is 19.1 Å². The molecule has 1 saturated heterocycles. The highest BCUT2D eigenvalue weighted by atomic mass is 16.6. The number of piperidine rings is 1. The van der Waals surface area contributed by atoms with E-state index in [1.807, 2.05) is 20.8 Å². The van der Waals surface area contributed by atoms with Crippen molar-refractivity contribution in [2.45, 2.75) is 58.6 Å². The van der Waals surface area contributed by atoms with E-state index in [9.17, 15) is 9.59 Å². The monoisotopic (exact) mass is 241 g/mol. The Morgan fingerprint density at radius 2 is 2.06 bits per heavy atom. The maximum absolute atomic E-state index is 12.0. The molecule has 1 rings (SSSR count). The van der Waals surface area contributed by atoms with Crippen LogP contribution in [0.1, 0.15) is 47.0 Å². The van der Waals surface area contributed by atoms with Gasteiger partial charge in [-0.2, -0.15) is 0 Å². The Labute approximate surface area is 103 Å². The van der Waals surface area contributed by atoms with Crippen LogP contribution >= 0.6 is 0 Å². The minimum absolute atomic E-state index is 0.0125. The van der Waals surface area contributed by atoms with Crippen molar-refractivity contribution in [1.82, 2.24) is 4.90 Å². The van der Waals surface area contributed by atoms with Gasteiger partial charge < -0.3 is 14.4 Å². The molecule has 17 heavy (non-hydrogen) atoms. The molecule has 1 aliphatic heterocycles. The van der Waals surface area contributed by atoms with Crippen LogP contribution in [-0.2, 0) is 9.53 Å². The number of hydrogen-bond acceptors (Lipinski definition) is 3. The minimum atomic E-state index is -0.483. The zero-order valence-electron chi connectivity index (χ0n) is 11.2. The number of hydrogen-bond donors (Lipinski definition) is 0. The van der Waals surface area contributed by atoms with Crippen molar-refractivity contribution in [3.63, 3.8) is 0 Å². The first-order chi connectivity index (χ1) is 7.83. The smallest absolute Gasteiger partial charge is 0.410 e. The Bertz CT molecular complexity index is 283. The van der Waals surface area contributed by atoms with Crippen LogP contribution in [0.4, 0.5) is 4.79 Å². The van der Waals surface area contributed by atoms with Crippen LogP contribution in [0.15, 0.2) is 0 Å². The highest BCUT2D eigenvalue weighted by Gasteiger charge is 2.32. The van der Waals surface area contributed by atoms with E-state index >= 15 is 0 Å². The summed E-state index contributed by atoms with van der Waals surface area (Å²) in [6, 6.07) is 0.0125. The quantitative estimate of drug-likeness (QED) is 0.698. The predicted octanol–water partition coefficient (Wildman–Crippen LogP) is 2.61. The van der Waals surface area contributed by atoms with Gasteiger partial charge in [-0.3, -0.25) is 0 Å². The minimum Gasteiger partial charge on any atom is -0.444 e. The van der Waals surface area contributed by atoms with Crippen molar-refractivity contribution in [3.8, 4) is 0 Å². The van der Waals surface area contributed by atoms with Crippen molar-refractivity contribution in [3.05, 3.63) is 0 Å². The largest absolute Gasteiger partial charge is 0.444 e. The Morgan fingerprint density at radius 3 is 2.59 bits per heavy atom. The number of carbonyl (C=O) groups excluding carboxylic acids is 2. The number of rotatable bonds is 2. The second-order valence-electron chi connectivity index (χ2n) is 5.87. The summed E-state index contributed by atoms with van der Waals surface area (Å²) in [5.74, 6) is 0.477. The molecule has 1 fully saturated rings. The summed E-state index contributed by atoms with van der Waals surface area (Å²) >= 11 is 0. The number of likely N-dealkylation sites (tertiary alicyclic amines) is 1. The summed E-state index contributed by atoms with van der Waals surface area (Å²) in [7, 11) is 0.